The smallest absolute Gasteiger partial charge is 0.237 e. The summed E-state index contributed by atoms with van der Waals surface area (Å²) in [5, 5.41) is 3.18. The molecular weight excluding hydrogens is 284 g/mol. The van der Waals surface area contributed by atoms with Gasteiger partial charge in [0, 0.05) is 12.0 Å². The van der Waals surface area contributed by atoms with E-state index in [0.717, 1.165) is 13.1 Å². The van der Waals surface area contributed by atoms with Crippen LogP contribution in [-0.2, 0) is 10.2 Å². The molecule has 1 heterocycles. The maximum absolute atomic E-state index is 12.5. The molecule has 0 saturated carbocycles. The molecule has 1 N–H and O–H groups in total. The van der Waals surface area contributed by atoms with Gasteiger partial charge in [-0.25, -0.2) is 0 Å². The van der Waals surface area contributed by atoms with Crippen LogP contribution in [-0.4, -0.2) is 36.5 Å². The second-order valence-corrected chi connectivity index (χ2v) is 7.60. The van der Waals surface area contributed by atoms with Gasteiger partial charge >= 0.3 is 0 Å². The predicted molar refractivity (Wildman–Crippen MR) is 96.7 cm³/mol. The van der Waals surface area contributed by atoms with Gasteiger partial charge in [-0.1, -0.05) is 56.5 Å². The minimum absolute atomic E-state index is 0.0265. The first-order chi connectivity index (χ1) is 10.9. The van der Waals surface area contributed by atoms with Gasteiger partial charge in [0.2, 0.25) is 5.91 Å². The lowest BCUT2D eigenvalue weighted by Gasteiger charge is -2.30. The number of aryl methyl sites for hydroxylation is 1. The molecule has 0 aromatic heterocycles. The Labute approximate surface area is 141 Å². The zero-order valence-corrected chi connectivity index (χ0v) is 15.2. The fourth-order valence-electron chi connectivity index (χ4n) is 3.27. The highest BCUT2D eigenvalue weighted by molar-refractivity contribution is 5.81. The van der Waals surface area contributed by atoms with Crippen molar-refractivity contribution in [1.29, 1.82) is 0 Å². The van der Waals surface area contributed by atoms with E-state index in [2.05, 4.69) is 55.3 Å². The zero-order chi connectivity index (χ0) is 16.9. The molecule has 0 radical (unpaired) electrons. The topological polar surface area (TPSA) is 32.3 Å². The molecule has 0 aliphatic carbocycles. The van der Waals surface area contributed by atoms with Crippen LogP contribution in [0.2, 0.25) is 0 Å². The van der Waals surface area contributed by atoms with Gasteiger partial charge in [0.1, 0.15) is 0 Å². The fourth-order valence-corrected chi connectivity index (χ4v) is 3.27. The summed E-state index contributed by atoms with van der Waals surface area (Å²) < 4.78 is 0. The zero-order valence-electron chi connectivity index (χ0n) is 15.2. The first-order valence-electron chi connectivity index (χ1n) is 8.99. The van der Waals surface area contributed by atoms with E-state index in [-0.39, 0.29) is 17.4 Å². The van der Waals surface area contributed by atoms with Crippen LogP contribution >= 0.6 is 0 Å². The molecular formula is C20H32N2O. The third-order valence-electron chi connectivity index (χ3n) is 5.07. The summed E-state index contributed by atoms with van der Waals surface area (Å²) in [6.45, 7) is 11.3. The second-order valence-electron chi connectivity index (χ2n) is 7.60. The quantitative estimate of drug-likeness (QED) is 0.899. The number of hydrogen-bond donors (Lipinski definition) is 1. The fraction of sp³-hybridized carbons (Fsp3) is 0.650. The Bertz CT molecular complexity index is 516. The summed E-state index contributed by atoms with van der Waals surface area (Å²) in [5.41, 5.74) is 2.49. The molecule has 1 atom stereocenters. The van der Waals surface area contributed by atoms with E-state index in [4.69, 9.17) is 0 Å². The third-order valence-corrected chi connectivity index (χ3v) is 5.07. The van der Waals surface area contributed by atoms with Gasteiger partial charge in [-0.15, -0.1) is 0 Å². The van der Waals surface area contributed by atoms with Gasteiger partial charge in [0.25, 0.3) is 0 Å². The van der Waals surface area contributed by atoms with Crippen LogP contribution in [0.5, 0.6) is 0 Å². The summed E-state index contributed by atoms with van der Waals surface area (Å²) in [7, 11) is 0. The molecule has 1 aliphatic rings. The van der Waals surface area contributed by atoms with E-state index in [9.17, 15) is 4.79 Å². The van der Waals surface area contributed by atoms with E-state index < -0.39 is 0 Å². The number of carbonyl (C=O) groups excluding carboxylic acids is 1. The number of amides is 1. The van der Waals surface area contributed by atoms with Crippen LogP contribution in [0, 0.1) is 6.92 Å². The molecule has 1 aliphatic heterocycles. The molecule has 0 unspecified atom stereocenters. The van der Waals surface area contributed by atoms with E-state index in [1.165, 1.54) is 36.8 Å². The number of carbonyl (C=O) groups is 1. The summed E-state index contributed by atoms with van der Waals surface area (Å²) >= 11 is 0. The molecule has 1 aromatic carbocycles. The standard InChI is InChI=1S/C20H32N2O/c1-16-10-9-11-18(14-16)20(3,4)15-21-19(23)17(2)22-12-7-5-6-8-13-22/h9-11,14,17H,5-8,12-13,15H2,1-4H3,(H,21,23)/t17-/m1/s1. The Morgan fingerprint density at radius 1 is 1.22 bits per heavy atom. The number of nitrogens with one attached hydrogen (secondary N) is 1. The van der Waals surface area contributed by atoms with Crippen molar-refractivity contribution in [3.8, 4) is 0 Å². The van der Waals surface area contributed by atoms with Crippen LogP contribution in [0.4, 0.5) is 0 Å². The number of rotatable bonds is 5. The second kappa shape index (κ2) is 7.96. The average molecular weight is 316 g/mol. The minimum atomic E-state index is -0.0554. The lowest BCUT2D eigenvalue weighted by Crippen LogP contribution is -2.48. The van der Waals surface area contributed by atoms with Crippen molar-refractivity contribution in [3.05, 3.63) is 35.4 Å². The Hall–Kier alpha value is -1.35. The van der Waals surface area contributed by atoms with E-state index >= 15 is 0 Å². The van der Waals surface area contributed by atoms with Crippen LogP contribution in [0.25, 0.3) is 0 Å². The van der Waals surface area contributed by atoms with Gasteiger partial charge in [0.15, 0.2) is 0 Å². The van der Waals surface area contributed by atoms with E-state index in [0.29, 0.717) is 6.54 Å². The maximum Gasteiger partial charge on any atom is 0.237 e. The lowest BCUT2D eigenvalue weighted by molar-refractivity contribution is -0.126. The van der Waals surface area contributed by atoms with Gasteiger partial charge < -0.3 is 5.32 Å². The molecule has 1 fully saturated rings. The SMILES string of the molecule is Cc1cccc(C(C)(C)CNC(=O)[C@@H](C)N2CCCCCC2)c1. The molecule has 23 heavy (non-hydrogen) atoms. The number of benzene rings is 1. The molecule has 3 heteroatoms. The van der Waals surface area contributed by atoms with Crippen molar-refractivity contribution in [3.63, 3.8) is 0 Å². The first-order valence-corrected chi connectivity index (χ1v) is 8.99. The highest BCUT2D eigenvalue weighted by Crippen LogP contribution is 2.23. The van der Waals surface area contributed by atoms with Crippen LogP contribution in [0.15, 0.2) is 24.3 Å². The monoisotopic (exact) mass is 316 g/mol. The van der Waals surface area contributed by atoms with Gasteiger partial charge in [0.05, 0.1) is 6.04 Å². The lowest BCUT2D eigenvalue weighted by atomic mass is 9.84. The summed E-state index contributed by atoms with van der Waals surface area (Å²) in [5.74, 6) is 0.160. The van der Waals surface area contributed by atoms with Gasteiger partial charge in [-0.05, 0) is 45.3 Å². The Morgan fingerprint density at radius 2 is 1.87 bits per heavy atom. The van der Waals surface area contributed by atoms with Crippen molar-refractivity contribution in [2.24, 2.45) is 0 Å². The van der Waals surface area contributed by atoms with Crippen molar-refractivity contribution < 1.29 is 4.79 Å². The molecule has 3 nitrogen and oxygen atoms in total. The summed E-state index contributed by atoms with van der Waals surface area (Å²) in [4.78, 5) is 14.9. The highest BCUT2D eigenvalue weighted by atomic mass is 16.2. The molecule has 1 aromatic rings. The summed E-state index contributed by atoms with van der Waals surface area (Å²) in [6.07, 6.45) is 5.02. The van der Waals surface area contributed by atoms with Crippen LogP contribution < -0.4 is 5.32 Å². The average Bonchev–Trinajstić information content (AvgIpc) is 2.81. The first kappa shape index (κ1) is 18.0. The largest absolute Gasteiger partial charge is 0.354 e. The Morgan fingerprint density at radius 3 is 2.48 bits per heavy atom. The molecule has 1 amide bonds. The minimum Gasteiger partial charge on any atom is -0.354 e. The van der Waals surface area contributed by atoms with E-state index in [1.54, 1.807) is 0 Å². The van der Waals surface area contributed by atoms with E-state index in [1.807, 2.05) is 6.92 Å². The molecule has 0 bridgehead atoms. The number of hydrogen-bond acceptors (Lipinski definition) is 2. The number of nitrogens with zero attached hydrogens (tertiary/aromatic N) is 1. The van der Waals surface area contributed by atoms with Crippen LogP contribution in [0.3, 0.4) is 0 Å². The maximum atomic E-state index is 12.5. The van der Waals surface area contributed by atoms with Gasteiger partial charge in [-0.3, -0.25) is 9.69 Å². The molecule has 0 spiro atoms. The van der Waals surface area contributed by atoms with Crippen molar-refractivity contribution in [1.82, 2.24) is 10.2 Å². The predicted octanol–water partition coefficient (Wildman–Crippen LogP) is 3.65. The molecule has 1 saturated heterocycles. The van der Waals surface area contributed by atoms with Crippen LogP contribution in [0.1, 0.15) is 57.6 Å². The summed E-state index contributed by atoms with van der Waals surface area (Å²) in [6, 6.07) is 8.54. The van der Waals surface area contributed by atoms with Gasteiger partial charge in [-0.2, -0.15) is 0 Å². The van der Waals surface area contributed by atoms with Crippen molar-refractivity contribution in [2.75, 3.05) is 19.6 Å². The number of likely N-dealkylation sites (tertiary alicyclic amines) is 1. The Kier molecular flexibility index (Phi) is 6.23. The highest BCUT2D eigenvalue weighted by Gasteiger charge is 2.25. The normalized spacial score (nSPS) is 18.3. The Balaban J connectivity index is 1.92. The van der Waals surface area contributed by atoms with Crippen molar-refractivity contribution >= 4 is 5.91 Å². The van der Waals surface area contributed by atoms with Crippen molar-refractivity contribution in [2.45, 2.75) is 64.8 Å². The third kappa shape index (κ3) is 5.07. The molecule has 2 rings (SSSR count). The molecule has 128 valence electrons.